The molecule has 4 amide bonds. The summed E-state index contributed by atoms with van der Waals surface area (Å²) in [6.07, 6.45) is 9.90. The highest BCUT2D eigenvalue weighted by molar-refractivity contribution is 7.94. The maximum atomic E-state index is 14.7. The number of anilines is 8. The lowest BCUT2D eigenvalue weighted by molar-refractivity contribution is 0.101. The molecule has 4 aromatic heterocycles. The Morgan fingerprint density at radius 3 is 1.31 bits per heavy atom. The summed E-state index contributed by atoms with van der Waals surface area (Å²) >= 11 is 19.1. The Kier molecular flexibility index (Phi) is 25.9. The fraction of sp³-hybridized carbons (Fsp3) is 0.133. The van der Waals surface area contributed by atoms with E-state index in [9.17, 15) is 57.2 Å². The number of aliphatic imine (C=N–C) groups is 1. The Morgan fingerprint density at radius 1 is 0.366 bits per heavy atom. The molecule has 20 rings (SSSR count). The average Bonchev–Trinajstić information content (AvgIpc) is 1.29. The molecule has 4 fully saturated rings. The smallest absolute Gasteiger partial charge is 0.258 e. The molecular formula is C98H79Cl3FN13O12S4. The van der Waals surface area contributed by atoms with Crippen LogP contribution in [0.25, 0.3) is 66.2 Å². The zero-order valence-electron chi connectivity index (χ0n) is 69.6. The summed E-state index contributed by atoms with van der Waals surface area (Å²) in [4.78, 5) is 73.8. The minimum Gasteiger partial charge on any atom is -0.322 e. The van der Waals surface area contributed by atoms with Gasteiger partial charge in [-0.15, -0.1) is 0 Å². The molecule has 5 aliphatic rings. The number of pyridine rings is 4. The van der Waals surface area contributed by atoms with Crippen molar-refractivity contribution in [3.8, 4) is 33.8 Å². The second kappa shape index (κ2) is 38.1. The van der Waals surface area contributed by atoms with E-state index < -0.39 is 51.8 Å². The van der Waals surface area contributed by atoms with E-state index >= 15 is 0 Å². The van der Waals surface area contributed by atoms with Gasteiger partial charge in [0, 0.05) is 129 Å². The van der Waals surface area contributed by atoms with Crippen molar-refractivity contribution in [2.75, 3.05) is 87.7 Å². The number of sulfonamides is 4. The Bertz CT molecular complexity index is 7350. The highest BCUT2D eigenvalue weighted by Gasteiger charge is 2.34. The van der Waals surface area contributed by atoms with Gasteiger partial charge in [0.1, 0.15) is 5.82 Å². The minimum atomic E-state index is -3.43. The highest BCUT2D eigenvalue weighted by Crippen LogP contribution is 2.38. The molecule has 131 heavy (non-hydrogen) atoms. The molecule has 660 valence electrons. The first kappa shape index (κ1) is 89.1. The van der Waals surface area contributed by atoms with Crippen LogP contribution >= 0.6 is 34.8 Å². The average molecular weight is 1880 g/mol. The molecule has 33 heteroatoms. The fourth-order valence-electron chi connectivity index (χ4n) is 16.0. The topological polar surface area (TPSA) is 330 Å². The van der Waals surface area contributed by atoms with Crippen LogP contribution in [0, 0.1) is 5.82 Å². The van der Waals surface area contributed by atoms with Crippen molar-refractivity contribution in [2.45, 2.75) is 32.1 Å². The number of para-hydroxylation sites is 1. The largest absolute Gasteiger partial charge is 0.322 e. The number of aromatic nitrogens is 4. The first-order valence-corrected chi connectivity index (χ1v) is 49.1. The van der Waals surface area contributed by atoms with Gasteiger partial charge in [-0.2, -0.15) is 0 Å². The number of hydrogen-bond donors (Lipinski definition) is 4. The molecule has 5 aliphatic heterocycles. The van der Waals surface area contributed by atoms with Gasteiger partial charge in [-0.1, -0.05) is 138 Å². The van der Waals surface area contributed by atoms with E-state index in [1.807, 2.05) is 152 Å². The Hall–Kier alpha value is -13.9. The van der Waals surface area contributed by atoms with Gasteiger partial charge in [-0.25, -0.2) is 43.0 Å². The number of amides is 4. The van der Waals surface area contributed by atoms with Crippen LogP contribution in [0.4, 0.5) is 55.6 Å². The van der Waals surface area contributed by atoms with Crippen LogP contribution in [-0.4, -0.2) is 132 Å². The van der Waals surface area contributed by atoms with Gasteiger partial charge in [0.25, 0.3) is 23.6 Å². The Labute approximate surface area is 769 Å². The Balaban J connectivity index is 0.000000122. The van der Waals surface area contributed by atoms with Crippen LogP contribution in [-0.2, 0) is 46.5 Å². The lowest BCUT2D eigenvalue weighted by Crippen LogP contribution is -2.25. The van der Waals surface area contributed by atoms with E-state index in [2.05, 4.69) is 46.2 Å². The van der Waals surface area contributed by atoms with E-state index in [-0.39, 0.29) is 73.2 Å². The molecule has 0 aliphatic carbocycles. The molecule has 0 saturated carbocycles. The van der Waals surface area contributed by atoms with E-state index in [1.165, 1.54) is 41.5 Å². The van der Waals surface area contributed by atoms with Crippen molar-refractivity contribution in [3.63, 3.8) is 0 Å². The van der Waals surface area contributed by atoms with Gasteiger partial charge in [0.2, 0.25) is 40.1 Å². The van der Waals surface area contributed by atoms with Gasteiger partial charge in [0.15, 0.2) is 0 Å². The first-order chi connectivity index (χ1) is 63.1. The van der Waals surface area contributed by atoms with Crippen LogP contribution in [0.1, 0.15) is 78.2 Å². The number of carbonyl (C=O) groups is 4. The number of fused-ring (bicyclic) bond motifs is 4. The molecule has 4 saturated heterocycles. The summed E-state index contributed by atoms with van der Waals surface area (Å²) in [5.41, 5.74) is 14.4. The molecule has 0 unspecified atom stereocenters. The molecular weight excluding hydrogens is 1800 g/mol. The van der Waals surface area contributed by atoms with Crippen LogP contribution < -0.4 is 38.5 Å². The standard InChI is InChI=1S/C25H20ClN3O3S.C25H20FN3O3S.C24H19ClN4O3S.C24H20ClN3O3S/c2*26-23-16-20(29-13-4-14-33(29,31)32)9-10-22(23)25(30)28-19-7-3-6-18(15-19)24-21-8-2-1-5-17(21)11-12-27-24;25-21-14-19(29-11-2-12-33(29,31)32)6-7-20(21)24(30)27-18-4-1-3-16(13-18)22-8-5-17-15-26-10-9-23(17)28-22;25-21-11-8-18(15-20(21)23-14-17-4-1-2-5-22(17)27-23)26-24(29)16-6-9-19(10-7-16)28-12-3-13-32(28,30)31/h2*1-3,5-12,15-16H,4,13-14H2,(H,28,30);1,3-10,13-15H,2,11-12H2,(H,27,30);1-2,4-11,15H,3,12-14H2,(H,26,29). The predicted octanol–water partition coefficient (Wildman–Crippen LogP) is 19.7. The molecule has 11 aromatic carbocycles. The number of carbonyl (C=O) groups excluding carboxylic acids is 4. The van der Waals surface area contributed by atoms with E-state index in [4.69, 9.17) is 34.8 Å². The molecule has 0 radical (unpaired) electrons. The highest BCUT2D eigenvalue weighted by atomic mass is 35.5. The number of nitrogens with zero attached hydrogens (tertiary/aromatic N) is 9. The quantitative estimate of drug-likeness (QED) is 0.0698. The van der Waals surface area contributed by atoms with Crippen LogP contribution in [0.15, 0.2) is 303 Å². The number of hydrogen-bond acceptors (Lipinski definition) is 17. The summed E-state index contributed by atoms with van der Waals surface area (Å²) in [6, 6.07) is 80.6. The van der Waals surface area contributed by atoms with Crippen LogP contribution in [0.3, 0.4) is 0 Å². The summed E-state index contributed by atoms with van der Waals surface area (Å²) in [5, 5.41) is 17.4. The van der Waals surface area contributed by atoms with Gasteiger partial charge in [-0.3, -0.25) is 56.3 Å². The molecule has 9 heterocycles. The SMILES string of the molecule is O=C(Nc1ccc(Cl)c(C2=Nc3ccccc3C2)c1)c1ccc(N2CCCS2(=O)=O)cc1.O=C(Nc1cccc(-c2ccc3cnccc3n2)c1)c1ccc(N2CCCS2(=O)=O)cc1Cl.O=C(Nc1cccc(-c2nccc3ccccc23)c1)c1ccc(N2CCCS2(=O)=O)cc1Cl.O=C(Nc1cccc(-c2nccc3ccccc23)c1)c1ccc(N2CCCS2(=O)=O)cc1F. The second-order valence-corrected chi connectivity index (χ2v) is 40.4. The summed E-state index contributed by atoms with van der Waals surface area (Å²) in [7, 11) is -13.3. The lowest BCUT2D eigenvalue weighted by Gasteiger charge is -2.18. The van der Waals surface area contributed by atoms with Crippen molar-refractivity contribution in [2.24, 2.45) is 4.99 Å². The van der Waals surface area contributed by atoms with Gasteiger partial charge < -0.3 is 21.3 Å². The third kappa shape index (κ3) is 20.0. The lowest BCUT2D eigenvalue weighted by atomic mass is 10.0. The molecule has 25 nitrogen and oxygen atoms in total. The normalized spacial score (nSPS) is 15.4. The molecule has 0 bridgehead atoms. The van der Waals surface area contributed by atoms with Crippen molar-refractivity contribution >= 4 is 188 Å². The van der Waals surface area contributed by atoms with Gasteiger partial charge in [0.05, 0.1) is 106 Å². The number of halogens is 4. The maximum absolute atomic E-state index is 14.7. The van der Waals surface area contributed by atoms with Crippen molar-refractivity contribution < 1.29 is 57.2 Å². The monoisotopic (exact) mass is 1880 g/mol. The van der Waals surface area contributed by atoms with E-state index in [0.717, 1.165) is 94.8 Å². The summed E-state index contributed by atoms with van der Waals surface area (Å²) in [6.45, 7) is 1.60. The predicted molar refractivity (Wildman–Crippen MR) is 518 cm³/mol. The summed E-state index contributed by atoms with van der Waals surface area (Å²) < 4.78 is 117. The molecule has 4 N–H and O–H groups in total. The van der Waals surface area contributed by atoms with E-state index in [1.54, 1.807) is 116 Å². The zero-order valence-corrected chi connectivity index (χ0v) is 75.1. The number of nitrogens with one attached hydrogen (secondary N) is 4. The van der Waals surface area contributed by atoms with E-state index in [0.29, 0.717) is 109 Å². The fourth-order valence-corrected chi connectivity index (χ4v) is 23.0. The van der Waals surface area contributed by atoms with Crippen LogP contribution in [0.5, 0.6) is 0 Å². The number of benzene rings is 11. The van der Waals surface area contributed by atoms with Crippen molar-refractivity contribution in [3.05, 3.63) is 352 Å². The Morgan fingerprint density at radius 2 is 0.809 bits per heavy atom. The maximum Gasteiger partial charge on any atom is 0.258 e. The summed E-state index contributed by atoms with van der Waals surface area (Å²) in [5.74, 6) is -2.01. The minimum absolute atomic E-state index is 0.0404. The third-order valence-electron chi connectivity index (χ3n) is 22.5. The molecule has 0 atom stereocenters. The second-order valence-electron chi connectivity index (χ2n) is 31.1. The van der Waals surface area contributed by atoms with Crippen molar-refractivity contribution in [1.29, 1.82) is 0 Å². The van der Waals surface area contributed by atoms with Crippen LogP contribution in [0.2, 0.25) is 15.1 Å². The molecule has 0 spiro atoms. The first-order valence-electron chi connectivity index (χ1n) is 41.6. The number of rotatable bonds is 16. The van der Waals surface area contributed by atoms with Crippen molar-refractivity contribution in [1.82, 2.24) is 19.9 Å². The van der Waals surface area contributed by atoms with Gasteiger partial charge >= 0.3 is 0 Å². The zero-order chi connectivity index (χ0) is 91.3. The third-order valence-corrected chi connectivity index (χ3v) is 30.9. The van der Waals surface area contributed by atoms with Gasteiger partial charge in [-0.05, 0) is 212 Å². The molecule has 15 aromatic rings.